The summed E-state index contributed by atoms with van der Waals surface area (Å²) in [5.74, 6) is -1.17. The molecule has 0 saturated heterocycles. The summed E-state index contributed by atoms with van der Waals surface area (Å²) in [5.41, 5.74) is 0.787. The van der Waals surface area contributed by atoms with E-state index in [-0.39, 0.29) is 11.3 Å². The predicted octanol–water partition coefficient (Wildman–Crippen LogP) is 3.28. The second-order valence-corrected chi connectivity index (χ2v) is 4.36. The summed E-state index contributed by atoms with van der Waals surface area (Å²) in [4.78, 5) is 11.4. The lowest BCUT2D eigenvalue weighted by atomic mass is 10.1. The van der Waals surface area contributed by atoms with Gasteiger partial charge in [-0.05, 0) is 18.2 Å². The summed E-state index contributed by atoms with van der Waals surface area (Å²) >= 11 is 5.98. The third kappa shape index (κ3) is 2.98. The zero-order valence-electron chi connectivity index (χ0n) is 9.88. The Morgan fingerprint density at radius 2 is 1.74 bits per heavy atom. The van der Waals surface area contributed by atoms with E-state index in [1.54, 1.807) is 42.5 Å². The number of aromatic hydroxyl groups is 1. The first-order valence-corrected chi connectivity index (χ1v) is 5.99. The van der Waals surface area contributed by atoms with E-state index in [9.17, 15) is 15.0 Å². The molecule has 2 aromatic carbocycles. The average molecular weight is 278 g/mol. The summed E-state index contributed by atoms with van der Waals surface area (Å²) in [5, 5.41) is 22.3. The van der Waals surface area contributed by atoms with Crippen LogP contribution in [0, 0.1) is 0 Å². The summed E-state index contributed by atoms with van der Waals surface area (Å²) in [6.07, 6.45) is 0. The molecule has 4 nitrogen and oxygen atoms in total. The van der Waals surface area contributed by atoms with Gasteiger partial charge in [0.25, 0.3) is 0 Å². The van der Waals surface area contributed by atoms with Gasteiger partial charge in [-0.15, -0.1) is 0 Å². The zero-order chi connectivity index (χ0) is 13.8. The molecule has 0 aromatic heterocycles. The number of para-hydroxylation sites is 2. The van der Waals surface area contributed by atoms with Crippen LogP contribution in [-0.4, -0.2) is 16.2 Å². The molecule has 0 aliphatic rings. The number of nitrogens with one attached hydrogen (secondary N) is 1. The van der Waals surface area contributed by atoms with Crippen molar-refractivity contribution in [1.29, 1.82) is 0 Å². The highest BCUT2D eigenvalue weighted by atomic mass is 35.5. The van der Waals surface area contributed by atoms with Gasteiger partial charge in [-0.3, -0.25) is 0 Å². The van der Waals surface area contributed by atoms with Crippen molar-refractivity contribution >= 4 is 23.3 Å². The Balaban J connectivity index is 2.35. The molecule has 1 unspecified atom stereocenters. The van der Waals surface area contributed by atoms with Crippen LogP contribution in [0.15, 0.2) is 48.5 Å². The SMILES string of the molecule is O=C(O)C(Nc1ccccc1Cl)c1ccccc1O. The number of aliphatic carboxylic acids is 1. The maximum absolute atomic E-state index is 11.4. The highest BCUT2D eigenvalue weighted by molar-refractivity contribution is 6.33. The van der Waals surface area contributed by atoms with Crippen LogP contribution in [0.4, 0.5) is 5.69 Å². The summed E-state index contributed by atoms with van der Waals surface area (Å²) in [7, 11) is 0. The van der Waals surface area contributed by atoms with E-state index in [1.165, 1.54) is 6.07 Å². The molecule has 3 N–H and O–H groups in total. The van der Waals surface area contributed by atoms with Crippen LogP contribution in [0.2, 0.25) is 5.02 Å². The van der Waals surface area contributed by atoms with E-state index in [4.69, 9.17) is 11.6 Å². The number of carbonyl (C=O) groups is 1. The van der Waals surface area contributed by atoms with Crippen molar-refractivity contribution in [3.63, 3.8) is 0 Å². The maximum Gasteiger partial charge on any atom is 0.330 e. The molecule has 0 bridgehead atoms. The van der Waals surface area contributed by atoms with Gasteiger partial charge in [0.2, 0.25) is 0 Å². The van der Waals surface area contributed by atoms with Gasteiger partial charge >= 0.3 is 5.97 Å². The molecule has 5 heteroatoms. The van der Waals surface area contributed by atoms with Gasteiger partial charge in [-0.25, -0.2) is 4.79 Å². The lowest BCUT2D eigenvalue weighted by Crippen LogP contribution is -2.20. The fourth-order valence-electron chi connectivity index (χ4n) is 1.74. The van der Waals surface area contributed by atoms with Crippen LogP contribution in [-0.2, 0) is 4.79 Å². The van der Waals surface area contributed by atoms with E-state index in [0.717, 1.165) is 0 Å². The number of hydrogen-bond donors (Lipinski definition) is 3. The first kappa shape index (κ1) is 13.2. The van der Waals surface area contributed by atoms with E-state index in [0.29, 0.717) is 10.7 Å². The van der Waals surface area contributed by atoms with Gasteiger partial charge in [-0.2, -0.15) is 0 Å². The number of halogens is 1. The molecular formula is C14H12ClNO3. The molecule has 0 aliphatic heterocycles. The molecule has 0 radical (unpaired) electrons. The van der Waals surface area contributed by atoms with Crippen molar-refractivity contribution < 1.29 is 15.0 Å². The van der Waals surface area contributed by atoms with Crippen LogP contribution < -0.4 is 5.32 Å². The molecule has 0 heterocycles. The van der Waals surface area contributed by atoms with Gasteiger partial charge in [0.15, 0.2) is 6.04 Å². The highest BCUT2D eigenvalue weighted by Gasteiger charge is 2.23. The Hall–Kier alpha value is -2.20. The number of anilines is 1. The molecule has 0 saturated carbocycles. The maximum atomic E-state index is 11.4. The molecule has 1 atom stereocenters. The van der Waals surface area contributed by atoms with Crippen molar-refractivity contribution in [2.75, 3.05) is 5.32 Å². The Kier molecular flexibility index (Phi) is 3.92. The second-order valence-electron chi connectivity index (χ2n) is 3.95. The van der Waals surface area contributed by atoms with Gasteiger partial charge in [-0.1, -0.05) is 41.9 Å². The van der Waals surface area contributed by atoms with Gasteiger partial charge < -0.3 is 15.5 Å². The van der Waals surface area contributed by atoms with Crippen LogP contribution in [0.1, 0.15) is 11.6 Å². The minimum absolute atomic E-state index is 0.0746. The Bertz CT molecular complexity index is 601. The fraction of sp³-hybridized carbons (Fsp3) is 0.0714. The average Bonchev–Trinajstić information content (AvgIpc) is 2.38. The zero-order valence-corrected chi connectivity index (χ0v) is 10.6. The number of hydrogen-bond acceptors (Lipinski definition) is 3. The smallest absolute Gasteiger partial charge is 0.330 e. The Morgan fingerprint density at radius 1 is 1.11 bits per heavy atom. The number of carboxylic acids is 1. The number of phenols is 1. The summed E-state index contributed by atoms with van der Waals surface area (Å²) in [6.45, 7) is 0. The normalized spacial score (nSPS) is 11.8. The molecule has 0 amide bonds. The number of phenolic OH excluding ortho intramolecular Hbond substituents is 1. The number of benzene rings is 2. The highest BCUT2D eigenvalue weighted by Crippen LogP contribution is 2.30. The molecule has 2 rings (SSSR count). The molecule has 0 fully saturated rings. The molecule has 2 aromatic rings. The fourth-order valence-corrected chi connectivity index (χ4v) is 1.93. The van der Waals surface area contributed by atoms with Crippen LogP contribution >= 0.6 is 11.6 Å². The predicted molar refractivity (Wildman–Crippen MR) is 73.6 cm³/mol. The van der Waals surface area contributed by atoms with E-state index < -0.39 is 12.0 Å². The van der Waals surface area contributed by atoms with Gasteiger partial charge in [0, 0.05) is 5.56 Å². The molecule has 19 heavy (non-hydrogen) atoms. The van der Waals surface area contributed by atoms with E-state index in [1.807, 2.05) is 0 Å². The quantitative estimate of drug-likeness (QED) is 0.802. The minimum Gasteiger partial charge on any atom is -0.508 e. The van der Waals surface area contributed by atoms with Crippen molar-refractivity contribution in [2.45, 2.75) is 6.04 Å². The van der Waals surface area contributed by atoms with E-state index in [2.05, 4.69) is 5.32 Å². The molecule has 0 aliphatic carbocycles. The van der Waals surface area contributed by atoms with Crippen LogP contribution in [0.25, 0.3) is 0 Å². The first-order chi connectivity index (χ1) is 9.09. The summed E-state index contributed by atoms with van der Waals surface area (Å²) in [6, 6.07) is 12.1. The molecule has 98 valence electrons. The largest absolute Gasteiger partial charge is 0.508 e. The molecular weight excluding hydrogens is 266 g/mol. The Labute approximate surface area is 115 Å². The second kappa shape index (κ2) is 5.63. The van der Waals surface area contributed by atoms with Crippen molar-refractivity contribution in [1.82, 2.24) is 0 Å². The monoisotopic (exact) mass is 277 g/mol. The minimum atomic E-state index is -1.10. The van der Waals surface area contributed by atoms with E-state index >= 15 is 0 Å². The number of rotatable bonds is 4. The lowest BCUT2D eigenvalue weighted by molar-refractivity contribution is -0.138. The molecule has 0 spiro atoms. The number of carboxylic acid groups (broad SMARTS) is 1. The van der Waals surface area contributed by atoms with Crippen LogP contribution in [0.3, 0.4) is 0 Å². The van der Waals surface area contributed by atoms with Crippen molar-refractivity contribution in [3.05, 3.63) is 59.1 Å². The van der Waals surface area contributed by atoms with Crippen LogP contribution in [0.5, 0.6) is 5.75 Å². The van der Waals surface area contributed by atoms with Crippen molar-refractivity contribution in [3.8, 4) is 5.75 Å². The Morgan fingerprint density at radius 3 is 2.37 bits per heavy atom. The van der Waals surface area contributed by atoms with Crippen molar-refractivity contribution in [2.24, 2.45) is 0 Å². The third-order valence-electron chi connectivity index (χ3n) is 2.67. The van der Waals surface area contributed by atoms with Gasteiger partial charge in [0.05, 0.1) is 10.7 Å². The third-order valence-corrected chi connectivity index (χ3v) is 3.00. The summed E-state index contributed by atoms with van der Waals surface area (Å²) < 4.78 is 0. The topological polar surface area (TPSA) is 69.6 Å². The standard InChI is InChI=1S/C14H12ClNO3/c15-10-6-2-3-7-11(10)16-13(14(18)19)9-5-1-4-8-12(9)17/h1-8,13,16-17H,(H,18,19). The first-order valence-electron chi connectivity index (χ1n) is 5.61. The lowest BCUT2D eigenvalue weighted by Gasteiger charge is -2.18. The van der Waals surface area contributed by atoms with Gasteiger partial charge in [0.1, 0.15) is 5.75 Å².